The van der Waals surface area contributed by atoms with Gasteiger partial charge in [0.1, 0.15) is 0 Å². The molecule has 1 rings (SSSR count). The van der Waals surface area contributed by atoms with Gasteiger partial charge in [0.25, 0.3) is 0 Å². The molecule has 0 radical (unpaired) electrons. The van der Waals surface area contributed by atoms with Crippen molar-refractivity contribution >= 4 is 0 Å². The molecule has 2 nitrogen and oxygen atoms in total. The lowest BCUT2D eigenvalue weighted by Gasteiger charge is -2.34. The number of hydrogen-bond acceptors (Lipinski definition) is 2. The first-order valence-electron chi connectivity index (χ1n) is 5.49. The van der Waals surface area contributed by atoms with Gasteiger partial charge in [-0.05, 0) is 32.6 Å². The van der Waals surface area contributed by atoms with E-state index in [0.29, 0.717) is 5.92 Å². The molecule has 0 aromatic rings. The predicted molar refractivity (Wildman–Crippen MR) is 53.4 cm³/mol. The molecule has 1 aliphatic rings. The molecule has 0 aromatic heterocycles. The lowest BCUT2D eigenvalue weighted by atomic mass is 9.75. The van der Waals surface area contributed by atoms with Crippen molar-refractivity contribution in [1.82, 2.24) is 0 Å². The zero-order chi connectivity index (χ0) is 9.84. The Morgan fingerprint density at radius 1 is 0.923 bits per heavy atom. The molecule has 1 aliphatic carbocycles. The number of hydrogen-bond donors (Lipinski definition) is 2. The zero-order valence-electron chi connectivity index (χ0n) is 8.74. The molecule has 0 aliphatic heterocycles. The van der Waals surface area contributed by atoms with Gasteiger partial charge in [0.05, 0.1) is 12.2 Å². The van der Waals surface area contributed by atoms with E-state index in [0.717, 1.165) is 0 Å². The van der Waals surface area contributed by atoms with Crippen molar-refractivity contribution in [1.29, 1.82) is 0 Å². The maximum absolute atomic E-state index is 9.57. The van der Waals surface area contributed by atoms with E-state index in [1.807, 2.05) is 0 Å². The first-order chi connectivity index (χ1) is 6.13. The van der Waals surface area contributed by atoms with E-state index in [9.17, 15) is 10.2 Å². The van der Waals surface area contributed by atoms with Crippen molar-refractivity contribution in [2.24, 2.45) is 11.8 Å². The summed E-state index contributed by atoms with van der Waals surface area (Å²) in [6.07, 6.45) is 5.47. The molecule has 78 valence electrons. The van der Waals surface area contributed by atoms with Gasteiger partial charge in [0.2, 0.25) is 0 Å². The Bertz CT molecular complexity index is 129. The van der Waals surface area contributed by atoms with Crippen molar-refractivity contribution < 1.29 is 10.2 Å². The van der Waals surface area contributed by atoms with E-state index >= 15 is 0 Å². The van der Waals surface area contributed by atoms with Gasteiger partial charge in [0, 0.05) is 5.92 Å². The molecule has 0 heterocycles. The van der Waals surface area contributed by atoms with E-state index in [4.69, 9.17) is 0 Å². The van der Waals surface area contributed by atoms with Gasteiger partial charge in [-0.3, -0.25) is 0 Å². The highest BCUT2D eigenvalue weighted by Gasteiger charge is 2.30. The highest BCUT2D eigenvalue weighted by Crippen LogP contribution is 2.33. The first-order valence-corrected chi connectivity index (χ1v) is 5.49. The summed E-state index contributed by atoms with van der Waals surface area (Å²) in [5, 5.41) is 19.1. The Kier molecular flexibility index (Phi) is 4.20. The third kappa shape index (κ3) is 2.96. The van der Waals surface area contributed by atoms with Crippen LogP contribution < -0.4 is 0 Å². The Hall–Kier alpha value is -0.0800. The van der Waals surface area contributed by atoms with E-state index < -0.39 is 0 Å². The smallest absolute Gasteiger partial charge is 0.0567 e. The van der Waals surface area contributed by atoms with Crippen LogP contribution in [0.1, 0.15) is 46.0 Å². The molecule has 2 unspecified atom stereocenters. The second-order valence-corrected chi connectivity index (χ2v) is 4.46. The minimum atomic E-state index is -0.372. The minimum absolute atomic E-state index is 0.0836. The average Bonchev–Trinajstić information content (AvgIpc) is 2.04. The van der Waals surface area contributed by atoms with Gasteiger partial charge in [-0.15, -0.1) is 0 Å². The molecule has 1 saturated carbocycles. The van der Waals surface area contributed by atoms with Crippen molar-refractivity contribution in [3.8, 4) is 0 Å². The monoisotopic (exact) mass is 186 g/mol. The summed E-state index contributed by atoms with van der Waals surface area (Å²) < 4.78 is 0. The second-order valence-electron chi connectivity index (χ2n) is 4.46. The third-order valence-electron chi connectivity index (χ3n) is 3.31. The average molecular weight is 186 g/mol. The zero-order valence-corrected chi connectivity index (χ0v) is 8.74. The Morgan fingerprint density at radius 2 is 1.38 bits per heavy atom. The van der Waals surface area contributed by atoms with Gasteiger partial charge in [-0.2, -0.15) is 0 Å². The fourth-order valence-corrected chi connectivity index (χ4v) is 2.71. The van der Waals surface area contributed by atoms with Gasteiger partial charge < -0.3 is 10.2 Å². The van der Waals surface area contributed by atoms with Crippen molar-refractivity contribution in [2.75, 3.05) is 0 Å². The van der Waals surface area contributed by atoms with Crippen LogP contribution in [0.25, 0.3) is 0 Å². The summed E-state index contributed by atoms with van der Waals surface area (Å²) in [6.45, 7) is 3.60. The fourth-order valence-electron chi connectivity index (χ4n) is 2.71. The maximum Gasteiger partial charge on any atom is 0.0567 e. The van der Waals surface area contributed by atoms with Crippen LogP contribution in [0.4, 0.5) is 0 Å². The van der Waals surface area contributed by atoms with Crippen LogP contribution in [0.2, 0.25) is 0 Å². The standard InChI is InChI=1S/C11H22O2/c1-8(12)11(9(2)13)10-6-4-3-5-7-10/h8-13H,3-7H2,1-2H3. The van der Waals surface area contributed by atoms with Gasteiger partial charge in [-0.1, -0.05) is 19.3 Å². The summed E-state index contributed by atoms with van der Waals surface area (Å²) in [4.78, 5) is 0. The molecule has 0 bridgehead atoms. The van der Waals surface area contributed by atoms with Crippen molar-refractivity contribution in [3.63, 3.8) is 0 Å². The normalized spacial score (nSPS) is 26.8. The largest absolute Gasteiger partial charge is 0.393 e. The van der Waals surface area contributed by atoms with Crippen LogP contribution in [0.15, 0.2) is 0 Å². The third-order valence-corrected chi connectivity index (χ3v) is 3.31. The highest BCUT2D eigenvalue weighted by molar-refractivity contribution is 4.80. The second kappa shape index (κ2) is 4.97. The molecule has 2 atom stereocenters. The van der Waals surface area contributed by atoms with E-state index in [2.05, 4.69) is 0 Å². The highest BCUT2D eigenvalue weighted by atomic mass is 16.3. The van der Waals surface area contributed by atoms with Crippen LogP contribution in [0.5, 0.6) is 0 Å². The number of aliphatic hydroxyl groups excluding tert-OH is 2. The Balaban J connectivity index is 2.52. The molecular formula is C11H22O2. The molecule has 0 saturated heterocycles. The molecule has 0 amide bonds. The van der Waals surface area contributed by atoms with Crippen LogP contribution in [-0.4, -0.2) is 22.4 Å². The van der Waals surface area contributed by atoms with Crippen LogP contribution in [0, 0.1) is 11.8 Å². The summed E-state index contributed by atoms with van der Waals surface area (Å²) >= 11 is 0. The first kappa shape index (κ1) is 11.0. The Morgan fingerprint density at radius 3 is 1.77 bits per heavy atom. The summed E-state index contributed by atoms with van der Waals surface area (Å²) in [5.74, 6) is 0.619. The SMILES string of the molecule is CC(O)C(C(C)O)C1CCCCC1. The summed E-state index contributed by atoms with van der Waals surface area (Å²) in [5.41, 5.74) is 0. The van der Waals surface area contributed by atoms with E-state index in [1.165, 1.54) is 32.1 Å². The molecule has 0 spiro atoms. The van der Waals surface area contributed by atoms with Gasteiger partial charge >= 0.3 is 0 Å². The number of aliphatic hydroxyl groups is 2. The van der Waals surface area contributed by atoms with Crippen molar-refractivity contribution in [3.05, 3.63) is 0 Å². The van der Waals surface area contributed by atoms with Crippen LogP contribution >= 0.6 is 0 Å². The molecular weight excluding hydrogens is 164 g/mol. The molecule has 0 aromatic carbocycles. The van der Waals surface area contributed by atoms with Crippen LogP contribution in [-0.2, 0) is 0 Å². The predicted octanol–water partition coefficient (Wildman–Crippen LogP) is 1.94. The fraction of sp³-hybridized carbons (Fsp3) is 1.00. The lowest BCUT2D eigenvalue weighted by molar-refractivity contribution is -0.0113. The quantitative estimate of drug-likeness (QED) is 0.707. The van der Waals surface area contributed by atoms with E-state index in [1.54, 1.807) is 13.8 Å². The van der Waals surface area contributed by atoms with Crippen molar-refractivity contribution in [2.45, 2.75) is 58.2 Å². The van der Waals surface area contributed by atoms with Gasteiger partial charge in [0.15, 0.2) is 0 Å². The van der Waals surface area contributed by atoms with E-state index in [-0.39, 0.29) is 18.1 Å². The number of rotatable bonds is 3. The molecule has 2 N–H and O–H groups in total. The molecule has 13 heavy (non-hydrogen) atoms. The van der Waals surface area contributed by atoms with Gasteiger partial charge in [-0.25, -0.2) is 0 Å². The Labute approximate surface area is 81.0 Å². The summed E-state index contributed by atoms with van der Waals surface area (Å²) in [7, 11) is 0. The maximum atomic E-state index is 9.57. The summed E-state index contributed by atoms with van der Waals surface area (Å²) in [6, 6.07) is 0. The topological polar surface area (TPSA) is 40.5 Å². The molecule has 1 fully saturated rings. The molecule has 2 heteroatoms. The van der Waals surface area contributed by atoms with Crippen LogP contribution in [0.3, 0.4) is 0 Å². The minimum Gasteiger partial charge on any atom is -0.393 e. The lowest BCUT2D eigenvalue weighted by Crippen LogP contribution is -2.35.